The van der Waals surface area contributed by atoms with E-state index in [1.165, 1.54) is 4.68 Å². The van der Waals surface area contributed by atoms with Crippen molar-refractivity contribution in [3.05, 3.63) is 34.8 Å². The largest absolute Gasteiger partial charge is 0.380 e. The molecule has 0 aliphatic carbocycles. The van der Waals surface area contributed by atoms with Crippen LogP contribution >= 0.6 is 11.6 Å². The van der Waals surface area contributed by atoms with Crippen LogP contribution in [0.3, 0.4) is 0 Å². The number of hydrogen-bond acceptors (Lipinski definition) is 5. The highest BCUT2D eigenvalue weighted by Crippen LogP contribution is 2.16. The van der Waals surface area contributed by atoms with E-state index in [0.717, 1.165) is 5.69 Å². The molecule has 2 rings (SSSR count). The Balaban J connectivity index is 2.30. The summed E-state index contributed by atoms with van der Waals surface area (Å²) in [5.41, 5.74) is 6.45. The normalized spacial score (nSPS) is 10.2. The number of rotatable bonds is 2. The zero-order valence-electron chi connectivity index (χ0n) is 9.11. The van der Waals surface area contributed by atoms with E-state index in [1.54, 1.807) is 31.3 Å². The Labute approximate surface area is 103 Å². The van der Waals surface area contributed by atoms with Crippen molar-refractivity contribution in [2.75, 3.05) is 11.1 Å². The number of aryl methyl sites for hydroxylation is 1. The van der Waals surface area contributed by atoms with Gasteiger partial charge in [0, 0.05) is 17.8 Å². The quantitative estimate of drug-likeness (QED) is 0.748. The van der Waals surface area contributed by atoms with E-state index in [9.17, 15) is 0 Å². The van der Waals surface area contributed by atoms with Crippen molar-refractivity contribution < 1.29 is 0 Å². The summed E-state index contributed by atoms with van der Waals surface area (Å²) < 4.78 is 1.35. The number of anilines is 3. The van der Waals surface area contributed by atoms with Gasteiger partial charge >= 0.3 is 0 Å². The molecule has 7 heteroatoms. The van der Waals surface area contributed by atoms with Gasteiger partial charge < -0.3 is 11.1 Å². The van der Waals surface area contributed by atoms with Crippen LogP contribution < -0.4 is 16.5 Å². The molecule has 1 aromatic heterocycles. The lowest BCUT2D eigenvalue weighted by molar-refractivity contribution is 0.675. The summed E-state index contributed by atoms with van der Waals surface area (Å²) in [6.07, 6.45) is 0. The van der Waals surface area contributed by atoms with Gasteiger partial charge in [0.1, 0.15) is 0 Å². The Kier molecular flexibility index (Phi) is 2.97. The molecule has 0 fully saturated rings. The minimum atomic E-state index is 0.0756. The molecule has 17 heavy (non-hydrogen) atoms. The van der Waals surface area contributed by atoms with Crippen molar-refractivity contribution in [1.82, 2.24) is 14.8 Å². The predicted molar refractivity (Wildman–Crippen MR) is 66.0 cm³/mol. The van der Waals surface area contributed by atoms with Crippen LogP contribution in [-0.4, -0.2) is 14.8 Å². The molecule has 1 heterocycles. The first-order valence-electron chi connectivity index (χ1n) is 4.84. The van der Waals surface area contributed by atoms with Gasteiger partial charge in [-0.2, -0.15) is 4.98 Å². The van der Waals surface area contributed by atoms with E-state index in [-0.39, 0.29) is 11.3 Å². The molecule has 0 saturated carbocycles. The fourth-order valence-electron chi connectivity index (χ4n) is 1.26. The molecular formula is C10H11ClN6. The molecule has 0 atom stereocenters. The molecule has 0 saturated heterocycles. The average molecular weight is 251 g/mol. The summed E-state index contributed by atoms with van der Waals surface area (Å²) in [6.45, 7) is 0. The molecule has 0 aliphatic rings. The monoisotopic (exact) mass is 250 g/mol. The average Bonchev–Trinajstić information content (AvgIpc) is 2.29. The maximum atomic E-state index is 7.52. The van der Waals surface area contributed by atoms with E-state index >= 15 is 0 Å². The number of benzene rings is 1. The predicted octanol–water partition coefficient (Wildman–Crippen LogP) is 1.27. The van der Waals surface area contributed by atoms with Crippen molar-refractivity contribution in [2.24, 2.45) is 7.05 Å². The van der Waals surface area contributed by atoms with Crippen LogP contribution in [0.5, 0.6) is 0 Å². The minimum absolute atomic E-state index is 0.0756. The third kappa shape index (κ3) is 2.54. The van der Waals surface area contributed by atoms with Crippen molar-refractivity contribution in [1.29, 1.82) is 5.41 Å². The van der Waals surface area contributed by atoms with Crippen LogP contribution in [0.25, 0.3) is 0 Å². The Morgan fingerprint density at radius 2 is 2.00 bits per heavy atom. The van der Waals surface area contributed by atoms with E-state index in [4.69, 9.17) is 22.7 Å². The highest BCUT2D eigenvalue weighted by molar-refractivity contribution is 6.30. The summed E-state index contributed by atoms with van der Waals surface area (Å²) in [4.78, 5) is 3.97. The summed E-state index contributed by atoms with van der Waals surface area (Å²) in [5, 5.41) is 15.2. The molecule has 0 bridgehead atoms. The summed E-state index contributed by atoms with van der Waals surface area (Å²) >= 11 is 5.78. The molecule has 4 N–H and O–H groups in total. The van der Waals surface area contributed by atoms with Crippen LogP contribution in [0, 0.1) is 5.41 Å². The Hall–Kier alpha value is -2.08. The fraction of sp³-hybridized carbons (Fsp3) is 0.100. The minimum Gasteiger partial charge on any atom is -0.380 e. The van der Waals surface area contributed by atoms with Gasteiger partial charge in [0.2, 0.25) is 5.95 Å². The lowest BCUT2D eigenvalue weighted by Gasteiger charge is -2.07. The number of nitrogens with zero attached hydrogens (tertiary/aromatic N) is 3. The molecule has 2 aromatic rings. The molecule has 6 nitrogen and oxygen atoms in total. The molecule has 0 amide bonds. The summed E-state index contributed by atoms with van der Waals surface area (Å²) in [6, 6.07) is 7.12. The number of nitrogen functional groups attached to an aromatic ring is 1. The molecule has 0 unspecified atom stereocenters. The van der Waals surface area contributed by atoms with Crippen LogP contribution in [-0.2, 0) is 7.05 Å². The lowest BCUT2D eigenvalue weighted by Crippen LogP contribution is -2.25. The topological polar surface area (TPSA) is 92.6 Å². The fourth-order valence-corrected chi connectivity index (χ4v) is 1.39. The van der Waals surface area contributed by atoms with Crippen LogP contribution in [0.1, 0.15) is 0 Å². The van der Waals surface area contributed by atoms with Crippen LogP contribution in [0.2, 0.25) is 5.02 Å². The second-order valence-electron chi connectivity index (χ2n) is 3.42. The summed E-state index contributed by atoms with van der Waals surface area (Å²) in [7, 11) is 1.63. The molecule has 88 valence electrons. The Morgan fingerprint density at radius 3 is 2.59 bits per heavy atom. The number of aromatic nitrogens is 3. The van der Waals surface area contributed by atoms with Crippen molar-refractivity contribution in [2.45, 2.75) is 0 Å². The number of hydrogen-bond donors (Lipinski definition) is 3. The first-order valence-corrected chi connectivity index (χ1v) is 5.22. The first-order chi connectivity index (χ1) is 8.06. The maximum absolute atomic E-state index is 7.52. The first kappa shape index (κ1) is 11.4. The van der Waals surface area contributed by atoms with Gasteiger partial charge in [-0.1, -0.05) is 11.6 Å². The zero-order valence-corrected chi connectivity index (χ0v) is 9.86. The molecule has 1 aromatic carbocycles. The third-order valence-electron chi connectivity index (χ3n) is 2.14. The van der Waals surface area contributed by atoms with Gasteiger partial charge in [0.25, 0.3) is 0 Å². The van der Waals surface area contributed by atoms with Gasteiger partial charge in [-0.3, -0.25) is 5.41 Å². The highest BCUT2D eigenvalue weighted by atomic mass is 35.5. The SMILES string of the molecule is Cn1nc(Nc2ccc(Cl)cc2)nc(N)c1=N. The van der Waals surface area contributed by atoms with Gasteiger partial charge in [0.05, 0.1) is 0 Å². The third-order valence-corrected chi connectivity index (χ3v) is 2.39. The molecule has 0 aliphatic heterocycles. The van der Waals surface area contributed by atoms with Crippen molar-refractivity contribution >= 4 is 29.1 Å². The van der Waals surface area contributed by atoms with Crippen LogP contribution in [0.15, 0.2) is 24.3 Å². The number of nitrogens with two attached hydrogens (primary N) is 1. The van der Waals surface area contributed by atoms with Gasteiger partial charge in [-0.15, -0.1) is 5.10 Å². The van der Waals surface area contributed by atoms with E-state index in [1.807, 2.05) is 0 Å². The lowest BCUT2D eigenvalue weighted by atomic mass is 10.3. The molecular weight excluding hydrogens is 240 g/mol. The Bertz CT molecular complexity index is 562. The van der Waals surface area contributed by atoms with Gasteiger partial charge in [-0.05, 0) is 24.3 Å². The van der Waals surface area contributed by atoms with E-state index < -0.39 is 0 Å². The smallest absolute Gasteiger partial charge is 0.247 e. The molecule has 0 spiro atoms. The summed E-state index contributed by atoms with van der Waals surface area (Å²) in [5.74, 6) is 0.460. The molecule has 0 radical (unpaired) electrons. The highest BCUT2D eigenvalue weighted by Gasteiger charge is 2.02. The maximum Gasteiger partial charge on any atom is 0.247 e. The standard InChI is InChI=1S/C10H11ClN6/c1-17-9(13)8(12)15-10(16-17)14-7-4-2-6(11)3-5-7/h2-5,13H,1H3,(H3,12,14,15,16). The van der Waals surface area contributed by atoms with Gasteiger partial charge in [-0.25, -0.2) is 4.68 Å². The van der Waals surface area contributed by atoms with Crippen LogP contribution in [0.4, 0.5) is 17.5 Å². The van der Waals surface area contributed by atoms with Crippen molar-refractivity contribution in [3.8, 4) is 0 Å². The van der Waals surface area contributed by atoms with Gasteiger partial charge in [0.15, 0.2) is 11.3 Å². The number of nitrogens with one attached hydrogen (secondary N) is 2. The second-order valence-corrected chi connectivity index (χ2v) is 3.86. The van der Waals surface area contributed by atoms with E-state index in [2.05, 4.69) is 15.4 Å². The van der Waals surface area contributed by atoms with Crippen molar-refractivity contribution in [3.63, 3.8) is 0 Å². The number of halogens is 1. The second kappa shape index (κ2) is 4.42. The van der Waals surface area contributed by atoms with E-state index in [0.29, 0.717) is 11.0 Å². The Morgan fingerprint density at radius 1 is 1.35 bits per heavy atom. The zero-order chi connectivity index (χ0) is 12.4.